The second-order valence-electron chi connectivity index (χ2n) is 5.72. The average Bonchev–Trinajstić information content (AvgIpc) is 3.18. The number of aryl methyl sites for hydroxylation is 1. The van der Waals surface area contributed by atoms with E-state index < -0.39 is 11.9 Å². The van der Waals surface area contributed by atoms with Crippen LogP contribution in [0.15, 0.2) is 24.5 Å². The molecule has 7 nitrogen and oxygen atoms in total. The Labute approximate surface area is 143 Å². The molecule has 0 aliphatic carbocycles. The first-order valence-electron chi connectivity index (χ1n) is 7.68. The zero-order valence-electron chi connectivity index (χ0n) is 13.2. The van der Waals surface area contributed by atoms with Crippen LogP contribution < -0.4 is 5.73 Å². The molecule has 126 valence electrons. The number of likely N-dealkylation sites (tertiary alicyclic amines) is 1. The Morgan fingerprint density at radius 3 is 2.71 bits per heavy atom. The van der Waals surface area contributed by atoms with Gasteiger partial charge in [0, 0.05) is 31.4 Å². The van der Waals surface area contributed by atoms with Gasteiger partial charge in [0.2, 0.25) is 0 Å². The van der Waals surface area contributed by atoms with Crippen LogP contribution in [0.25, 0.3) is 0 Å². The molecule has 1 saturated heterocycles. The number of carbonyl (C=O) groups excluding carboxylic acids is 1. The largest absolute Gasteiger partial charge is 0.481 e. The van der Waals surface area contributed by atoms with Crippen LogP contribution in [0.3, 0.4) is 0 Å². The minimum atomic E-state index is -0.897. The number of aromatic nitrogens is 2. The summed E-state index contributed by atoms with van der Waals surface area (Å²) in [7, 11) is 0. The first-order valence-corrected chi connectivity index (χ1v) is 8.50. The van der Waals surface area contributed by atoms with Crippen LogP contribution in [0.1, 0.15) is 33.8 Å². The highest BCUT2D eigenvalue weighted by Gasteiger charge is 2.41. The van der Waals surface area contributed by atoms with E-state index in [1.165, 1.54) is 0 Å². The van der Waals surface area contributed by atoms with Crippen molar-refractivity contribution >= 4 is 28.3 Å². The Hall–Kier alpha value is -2.48. The molecule has 2 aromatic rings. The molecule has 0 spiro atoms. The second kappa shape index (κ2) is 6.56. The smallest absolute Gasteiger partial charge is 0.308 e. The van der Waals surface area contributed by atoms with Gasteiger partial charge in [0.15, 0.2) is 5.13 Å². The summed E-state index contributed by atoms with van der Waals surface area (Å²) in [5, 5.41) is 9.89. The number of carboxylic acid groups (broad SMARTS) is 1. The van der Waals surface area contributed by atoms with E-state index >= 15 is 0 Å². The standard InChI is InChI=1S/C16H18N4O3S/c1-2-12-13(24-16(17)19-12)14(21)20-7-10(11(8-20)15(22)23)9-3-5-18-6-4-9/h3-6,10-11H,2,7-8H2,1H3,(H2,17,19)(H,22,23)/t10-,11+/m0/s1. The number of amides is 1. The fourth-order valence-electron chi connectivity index (χ4n) is 3.09. The van der Waals surface area contributed by atoms with E-state index in [2.05, 4.69) is 9.97 Å². The van der Waals surface area contributed by atoms with Crippen molar-refractivity contribution in [2.45, 2.75) is 19.3 Å². The maximum Gasteiger partial charge on any atom is 0.308 e. The lowest BCUT2D eigenvalue weighted by Crippen LogP contribution is -2.30. The lowest BCUT2D eigenvalue weighted by Gasteiger charge is -2.16. The third-order valence-electron chi connectivity index (χ3n) is 4.30. The molecule has 2 atom stereocenters. The van der Waals surface area contributed by atoms with Gasteiger partial charge in [0.1, 0.15) is 4.88 Å². The Morgan fingerprint density at radius 1 is 1.38 bits per heavy atom. The first kappa shape index (κ1) is 16.4. The highest BCUT2D eigenvalue weighted by Crippen LogP contribution is 2.34. The molecule has 0 unspecified atom stereocenters. The van der Waals surface area contributed by atoms with Gasteiger partial charge in [-0.05, 0) is 24.1 Å². The van der Waals surface area contributed by atoms with Crippen molar-refractivity contribution in [1.82, 2.24) is 14.9 Å². The van der Waals surface area contributed by atoms with E-state index in [1.807, 2.05) is 6.92 Å². The van der Waals surface area contributed by atoms with E-state index in [0.717, 1.165) is 16.9 Å². The number of nitrogen functional groups attached to an aromatic ring is 1. The van der Waals surface area contributed by atoms with Crippen LogP contribution in [0.2, 0.25) is 0 Å². The molecular weight excluding hydrogens is 328 g/mol. The molecule has 3 heterocycles. The normalized spacial score (nSPS) is 20.3. The zero-order valence-corrected chi connectivity index (χ0v) is 14.0. The number of carboxylic acids is 1. The number of carbonyl (C=O) groups is 2. The SMILES string of the molecule is CCc1nc(N)sc1C(=O)N1C[C@@H](C(=O)O)[C@H](c2ccncc2)C1. The fraction of sp³-hybridized carbons (Fsp3) is 0.375. The molecule has 1 amide bonds. The number of nitrogens with zero attached hydrogens (tertiary/aromatic N) is 3. The molecule has 0 saturated carbocycles. The number of rotatable bonds is 4. The number of hydrogen-bond donors (Lipinski definition) is 2. The van der Waals surface area contributed by atoms with Crippen LogP contribution in [-0.4, -0.2) is 44.9 Å². The second-order valence-corrected chi connectivity index (χ2v) is 6.75. The molecule has 24 heavy (non-hydrogen) atoms. The van der Waals surface area contributed by atoms with Crippen molar-refractivity contribution in [3.8, 4) is 0 Å². The van der Waals surface area contributed by atoms with Gasteiger partial charge in [-0.2, -0.15) is 0 Å². The summed E-state index contributed by atoms with van der Waals surface area (Å²) >= 11 is 1.16. The van der Waals surface area contributed by atoms with Gasteiger partial charge in [0.25, 0.3) is 5.91 Å². The molecule has 3 rings (SSSR count). The number of anilines is 1. The van der Waals surface area contributed by atoms with Gasteiger partial charge in [-0.3, -0.25) is 14.6 Å². The van der Waals surface area contributed by atoms with Crippen molar-refractivity contribution in [2.75, 3.05) is 18.8 Å². The van der Waals surface area contributed by atoms with E-state index in [4.69, 9.17) is 5.73 Å². The predicted octanol–water partition coefficient (Wildman–Crippen LogP) is 1.62. The third-order valence-corrected chi connectivity index (χ3v) is 5.22. The molecule has 0 bridgehead atoms. The molecular formula is C16H18N4O3S. The van der Waals surface area contributed by atoms with E-state index in [-0.39, 0.29) is 18.4 Å². The maximum atomic E-state index is 12.8. The Balaban J connectivity index is 1.87. The van der Waals surface area contributed by atoms with Crippen molar-refractivity contribution in [1.29, 1.82) is 0 Å². The highest BCUT2D eigenvalue weighted by atomic mass is 32.1. The van der Waals surface area contributed by atoms with E-state index in [9.17, 15) is 14.7 Å². The molecule has 1 aliphatic rings. The van der Waals surface area contributed by atoms with Gasteiger partial charge < -0.3 is 15.7 Å². The monoisotopic (exact) mass is 346 g/mol. The lowest BCUT2D eigenvalue weighted by molar-refractivity contribution is -0.141. The van der Waals surface area contributed by atoms with Gasteiger partial charge in [-0.15, -0.1) is 0 Å². The summed E-state index contributed by atoms with van der Waals surface area (Å²) < 4.78 is 0. The Morgan fingerprint density at radius 2 is 2.08 bits per heavy atom. The molecule has 0 radical (unpaired) electrons. The van der Waals surface area contributed by atoms with Crippen molar-refractivity contribution in [3.63, 3.8) is 0 Å². The first-order chi connectivity index (χ1) is 11.5. The molecule has 8 heteroatoms. The zero-order chi connectivity index (χ0) is 17.3. The lowest BCUT2D eigenvalue weighted by atomic mass is 9.90. The molecule has 3 N–H and O–H groups in total. The van der Waals surface area contributed by atoms with Gasteiger partial charge in [-0.1, -0.05) is 18.3 Å². The van der Waals surface area contributed by atoms with Gasteiger partial charge in [-0.25, -0.2) is 4.98 Å². The average molecular weight is 346 g/mol. The van der Waals surface area contributed by atoms with Crippen LogP contribution in [0.4, 0.5) is 5.13 Å². The summed E-state index contributed by atoms with van der Waals surface area (Å²) in [5.74, 6) is -1.97. The Bertz CT molecular complexity index is 762. The molecule has 1 fully saturated rings. The number of nitrogens with two attached hydrogens (primary N) is 1. The number of thiazole rings is 1. The summed E-state index contributed by atoms with van der Waals surface area (Å²) in [6.07, 6.45) is 3.88. The van der Waals surface area contributed by atoms with Crippen molar-refractivity contribution in [2.24, 2.45) is 5.92 Å². The van der Waals surface area contributed by atoms with E-state index in [1.54, 1.807) is 29.4 Å². The van der Waals surface area contributed by atoms with E-state index in [0.29, 0.717) is 28.7 Å². The fourth-order valence-corrected chi connectivity index (χ4v) is 3.98. The maximum absolute atomic E-state index is 12.8. The Kier molecular flexibility index (Phi) is 4.48. The summed E-state index contributed by atoms with van der Waals surface area (Å²) in [4.78, 5) is 34.7. The van der Waals surface area contributed by atoms with Crippen molar-refractivity contribution < 1.29 is 14.7 Å². The van der Waals surface area contributed by atoms with Crippen LogP contribution >= 0.6 is 11.3 Å². The predicted molar refractivity (Wildman–Crippen MR) is 89.9 cm³/mol. The molecule has 0 aromatic carbocycles. The molecule has 1 aliphatic heterocycles. The minimum Gasteiger partial charge on any atom is -0.481 e. The third kappa shape index (κ3) is 2.96. The number of aliphatic carboxylic acids is 1. The highest BCUT2D eigenvalue weighted by molar-refractivity contribution is 7.17. The van der Waals surface area contributed by atoms with Gasteiger partial charge in [0.05, 0.1) is 11.6 Å². The van der Waals surface area contributed by atoms with Crippen molar-refractivity contribution in [3.05, 3.63) is 40.7 Å². The molecule has 2 aromatic heterocycles. The number of hydrogen-bond acceptors (Lipinski definition) is 6. The van der Waals surface area contributed by atoms with Crippen LogP contribution in [-0.2, 0) is 11.2 Å². The van der Waals surface area contributed by atoms with Gasteiger partial charge >= 0.3 is 5.97 Å². The van der Waals surface area contributed by atoms with Crippen LogP contribution in [0.5, 0.6) is 0 Å². The quantitative estimate of drug-likeness (QED) is 0.871. The summed E-state index contributed by atoms with van der Waals surface area (Å²) in [6, 6.07) is 3.60. The topological polar surface area (TPSA) is 109 Å². The summed E-state index contributed by atoms with van der Waals surface area (Å²) in [6.45, 7) is 2.46. The minimum absolute atomic E-state index is 0.183. The van der Waals surface area contributed by atoms with Crippen LogP contribution in [0, 0.1) is 5.92 Å². The summed E-state index contributed by atoms with van der Waals surface area (Å²) in [5.41, 5.74) is 7.27. The number of pyridine rings is 1.